The fourth-order valence-electron chi connectivity index (χ4n) is 4.18. The lowest BCUT2D eigenvalue weighted by atomic mass is 9.93. The molecule has 1 aromatic carbocycles. The molecule has 0 radical (unpaired) electrons. The summed E-state index contributed by atoms with van der Waals surface area (Å²) in [5.74, 6) is -3.38. The fourth-order valence-corrected chi connectivity index (χ4v) is 4.18. The Morgan fingerprint density at radius 2 is 1.84 bits per heavy atom. The molecule has 31 heavy (non-hydrogen) atoms. The van der Waals surface area contributed by atoms with E-state index in [2.05, 4.69) is 0 Å². The van der Waals surface area contributed by atoms with Crippen LogP contribution in [-0.2, 0) is 20.8 Å². The molecule has 9 nitrogen and oxygen atoms in total. The van der Waals surface area contributed by atoms with Gasteiger partial charge in [0.2, 0.25) is 5.78 Å². The molecule has 6 atom stereocenters. The largest absolute Gasteiger partial charge is 0.462 e. The SMILES string of the molecule is C[C@]1(O)OC(COC(=O)[C@H]2CCn3c(C(=O)c4ccccc4)ccc32)[C@H](O)[C@H](O)C1O. The lowest BCUT2D eigenvalue weighted by molar-refractivity contribution is -0.341. The van der Waals surface area contributed by atoms with Crippen molar-refractivity contribution in [2.24, 2.45) is 0 Å². The van der Waals surface area contributed by atoms with Crippen molar-refractivity contribution >= 4 is 11.8 Å². The molecule has 1 saturated heterocycles. The second-order valence-electron chi connectivity index (χ2n) is 8.10. The first-order chi connectivity index (χ1) is 14.7. The molecule has 4 N–H and O–H groups in total. The number of nitrogens with zero attached hydrogens (tertiary/aromatic N) is 1. The van der Waals surface area contributed by atoms with Gasteiger partial charge >= 0.3 is 5.97 Å². The molecule has 1 fully saturated rings. The number of carbonyl (C=O) groups is 2. The minimum Gasteiger partial charge on any atom is -0.462 e. The first-order valence-corrected chi connectivity index (χ1v) is 10.1. The van der Waals surface area contributed by atoms with Gasteiger partial charge in [0.1, 0.15) is 31.0 Å². The van der Waals surface area contributed by atoms with Gasteiger partial charge in [-0.25, -0.2) is 0 Å². The van der Waals surface area contributed by atoms with Gasteiger partial charge in [-0.2, -0.15) is 0 Å². The van der Waals surface area contributed by atoms with E-state index >= 15 is 0 Å². The minimum atomic E-state index is -2.09. The Balaban J connectivity index is 1.43. The molecule has 2 unspecified atom stereocenters. The van der Waals surface area contributed by atoms with Gasteiger partial charge in [0.15, 0.2) is 5.79 Å². The predicted molar refractivity (Wildman–Crippen MR) is 106 cm³/mol. The van der Waals surface area contributed by atoms with Crippen molar-refractivity contribution in [2.45, 2.75) is 56.0 Å². The zero-order valence-electron chi connectivity index (χ0n) is 16.9. The van der Waals surface area contributed by atoms with E-state index in [0.29, 0.717) is 29.9 Å². The number of fused-ring (bicyclic) bond motifs is 1. The third-order valence-corrected chi connectivity index (χ3v) is 5.95. The summed E-state index contributed by atoms with van der Waals surface area (Å²) < 4.78 is 12.3. The quantitative estimate of drug-likeness (QED) is 0.382. The van der Waals surface area contributed by atoms with E-state index < -0.39 is 48.7 Å². The number of hydrogen-bond acceptors (Lipinski definition) is 8. The van der Waals surface area contributed by atoms with Gasteiger partial charge in [-0.3, -0.25) is 9.59 Å². The lowest BCUT2D eigenvalue weighted by Crippen LogP contribution is -2.64. The minimum absolute atomic E-state index is 0.130. The van der Waals surface area contributed by atoms with Crippen LogP contribution in [0.3, 0.4) is 0 Å². The van der Waals surface area contributed by atoms with Crippen molar-refractivity contribution in [2.75, 3.05) is 6.61 Å². The summed E-state index contributed by atoms with van der Waals surface area (Å²) in [4.78, 5) is 25.5. The van der Waals surface area contributed by atoms with Crippen molar-refractivity contribution in [1.29, 1.82) is 0 Å². The van der Waals surface area contributed by atoms with E-state index in [0.717, 1.165) is 6.92 Å². The van der Waals surface area contributed by atoms with E-state index in [-0.39, 0.29) is 5.78 Å². The highest BCUT2D eigenvalue weighted by Crippen LogP contribution is 2.33. The molecule has 166 valence electrons. The van der Waals surface area contributed by atoms with E-state index in [1.165, 1.54) is 0 Å². The maximum Gasteiger partial charge on any atom is 0.315 e. The molecule has 9 heteroatoms. The zero-order valence-corrected chi connectivity index (χ0v) is 16.9. The number of hydrogen-bond donors (Lipinski definition) is 4. The Morgan fingerprint density at radius 3 is 2.55 bits per heavy atom. The highest BCUT2D eigenvalue weighted by Gasteiger charge is 2.50. The highest BCUT2D eigenvalue weighted by atomic mass is 16.7. The molecule has 2 aliphatic rings. The van der Waals surface area contributed by atoms with Crippen LogP contribution in [0.15, 0.2) is 42.5 Å². The Morgan fingerprint density at radius 1 is 1.13 bits per heavy atom. The Labute approximate surface area is 178 Å². The third-order valence-electron chi connectivity index (χ3n) is 5.95. The summed E-state index contributed by atoms with van der Waals surface area (Å²) >= 11 is 0. The average Bonchev–Trinajstić information content (AvgIpc) is 3.36. The van der Waals surface area contributed by atoms with E-state index in [1.807, 2.05) is 6.07 Å². The molecule has 4 rings (SSSR count). The van der Waals surface area contributed by atoms with Crippen LogP contribution < -0.4 is 0 Å². The maximum absolute atomic E-state index is 12.8. The van der Waals surface area contributed by atoms with Crippen molar-refractivity contribution in [1.82, 2.24) is 4.57 Å². The molecule has 0 amide bonds. The van der Waals surface area contributed by atoms with Crippen molar-refractivity contribution < 1.29 is 39.5 Å². The number of carbonyl (C=O) groups excluding carboxylic acids is 2. The van der Waals surface area contributed by atoms with E-state index in [9.17, 15) is 30.0 Å². The second-order valence-corrected chi connectivity index (χ2v) is 8.10. The summed E-state index contributed by atoms with van der Waals surface area (Å²) in [7, 11) is 0. The van der Waals surface area contributed by atoms with Crippen LogP contribution in [-0.4, -0.2) is 73.6 Å². The first-order valence-electron chi connectivity index (χ1n) is 10.1. The van der Waals surface area contributed by atoms with Gasteiger partial charge in [0.05, 0.1) is 11.6 Å². The van der Waals surface area contributed by atoms with Crippen LogP contribution in [0.1, 0.15) is 41.0 Å². The maximum atomic E-state index is 12.8. The monoisotopic (exact) mass is 431 g/mol. The van der Waals surface area contributed by atoms with Crippen LogP contribution in [0, 0.1) is 0 Å². The van der Waals surface area contributed by atoms with Crippen LogP contribution >= 0.6 is 0 Å². The molecular formula is C22H25NO8. The van der Waals surface area contributed by atoms with E-state index in [4.69, 9.17) is 9.47 Å². The van der Waals surface area contributed by atoms with Crippen molar-refractivity contribution in [3.05, 3.63) is 59.4 Å². The molecule has 0 spiro atoms. The average molecular weight is 431 g/mol. The summed E-state index contributed by atoms with van der Waals surface area (Å²) in [6.07, 6.45) is -5.64. The number of esters is 1. The smallest absolute Gasteiger partial charge is 0.315 e. The number of rotatable bonds is 5. The normalized spacial score (nSPS) is 32.5. The number of aliphatic hydroxyl groups excluding tert-OH is 3. The van der Waals surface area contributed by atoms with Gasteiger partial charge in [-0.1, -0.05) is 30.3 Å². The number of ether oxygens (including phenoxy) is 2. The van der Waals surface area contributed by atoms with Crippen LogP contribution in [0.4, 0.5) is 0 Å². The summed E-state index contributed by atoms with van der Waals surface area (Å²) in [6.45, 7) is 1.22. The predicted octanol–water partition coefficient (Wildman–Crippen LogP) is -0.0604. The van der Waals surface area contributed by atoms with Gasteiger partial charge in [-0.05, 0) is 25.5 Å². The van der Waals surface area contributed by atoms with Gasteiger partial charge < -0.3 is 34.5 Å². The topological polar surface area (TPSA) is 138 Å². The Kier molecular flexibility index (Phi) is 5.71. The number of benzene rings is 1. The molecule has 1 aromatic heterocycles. The molecule has 2 aromatic rings. The summed E-state index contributed by atoms with van der Waals surface area (Å²) in [5.41, 5.74) is 1.72. The molecule has 0 aliphatic carbocycles. The molecule has 3 heterocycles. The zero-order chi connectivity index (χ0) is 22.3. The Bertz CT molecular complexity index is 969. The number of aromatic nitrogens is 1. The van der Waals surface area contributed by atoms with Gasteiger partial charge in [0.25, 0.3) is 0 Å². The van der Waals surface area contributed by atoms with Crippen molar-refractivity contribution in [3.63, 3.8) is 0 Å². The molecule has 0 bridgehead atoms. The highest BCUT2D eigenvalue weighted by molar-refractivity contribution is 6.08. The second kappa shape index (κ2) is 8.18. The summed E-state index contributed by atoms with van der Waals surface area (Å²) in [6, 6.07) is 12.3. The number of aliphatic hydroxyl groups is 4. The molecule has 0 saturated carbocycles. The molecular weight excluding hydrogens is 406 g/mol. The Hall–Kier alpha value is -2.56. The summed E-state index contributed by atoms with van der Waals surface area (Å²) in [5, 5.41) is 39.8. The van der Waals surface area contributed by atoms with Crippen LogP contribution in [0.2, 0.25) is 0 Å². The molecule has 2 aliphatic heterocycles. The lowest BCUT2D eigenvalue weighted by Gasteiger charge is -2.43. The third kappa shape index (κ3) is 3.90. The van der Waals surface area contributed by atoms with Gasteiger partial charge in [0, 0.05) is 17.8 Å². The van der Waals surface area contributed by atoms with E-state index in [1.54, 1.807) is 41.0 Å². The van der Waals surface area contributed by atoms with Crippen LogP contribution in [0.25, 0.3) is 0 Å². The van der Waals surface area contributed by atoms with Crippen LogP contribution in [0.5, 0.6) is 0 Å². The fraction of sp³-hybridized carbons (Fsp3) is 0.455. The van der Waals surface area contributed by atoms with Crippen molar-refractivity contribution in [3.8, 4) is 0 Å². The first kappa shape index (κ1) is 21.7. The number of ketones is 1. The van der Waals surface area contributed by atoms with Gasteiger partial charge in [-0.15, -0.1) is 0 Å². The standard InChI is InChI=1S/C22H25NO8/c1-22(29)20(27)19(26)18(25)16(31-22)11-30-21(28)13-9-10-23-14(13)7-8-15(23)17(24)12-5-3-2-4-6-12/h2-8,13,16,18-20,25-27,29H,9-11H2,1H3/t13-,16?,18-,19-,20?,22-/m0/s1.